The third-order valence-corrected chi connectivity index (χ3v) is 5.77. The van der Waals surface area contributed by atoms with Crippen molar-refractivity contribution in [1.82, 2.24) is 0 Å². The van der Waals surface area contributed by atoms with Gasteiger partial charge < -0.3 is 0 Å². The lowest BCUT2D eigenvalue weighted by atomic mass is 9.86. The van der Waals surface area contributed by atoms with Gasteiger partial charge in [-0.15, -0.1) is 0 Å². The van der Waals surface area contributed by atoms with Gasteiger partial charge in [-0.1, -0.05) is 17.7 Å². The maximum Gasteiger partial charge on any atom is 0.189 e. The lowest BCUT2D eigenvalue weighted by Crippen LogP contribution is -2.35. The van der Waals surface area contributed by atoms with E-state index in [9.17, 15) is 4.21 Å². The van der Waals surface area contributed by atoms with Crippen molar-refractivity contribution in [2.75, 3.05) is 0 Å². The molecule has 1 aromatic rings. The minimum absolute atomic E-state index is 0.168. The fraction of sp³-hybridized carbons (Fsp3) is 0.600. The second kappa shape index (κ2) is 4.46. The first kappa shape index (κ1) is 12.4. The molecule has 0 amide bonds. The Morgan fingerprint density at radius 1 is 1.28 bits per heavy atom. The molecule has 4 atom stereocenters. The highest BCUT2D eigenvalue weighted by Crippen LogP contribution is 2.52. The topological polar surface area (TPSA) is 26.3 Å². The number of benzene rings is 1. The Labute approximate surface area is 111 Å². The Hall–Kier alpha value is -0.670. The van der Waals surface area contributed by atoms with E-state index in [1.54, 1.807) is 0 Å². The standard InChI is InChI=1S/C15H20O2S/c1-11-3-7-14(8-4-11)18(16)17-15(2)10-12-5-6-13(15)9-12/h3-4,7-8,12-13H,5-6,9-10H2,1-2H3/t12-,13+,15+,18?/m0/s1. The predicted octanol–water partition coefficient (Wildman–Crippen LogP) is 3.61. The third-order valence-electron chi connectivity index (χ3n) is 4.58. The van der Waals surface area contributed by atoms with E-state index in [0.717, 1.165) is 17.2 Å². The van der Waals surface area contributed by atoms with Crippen LogP contribution in [0.25, 0.3) is 0 Å². The summed E-state index contributed by atoms with van der Waals surface area (Å²) < 4.78 is 18.2. The number of aryl methyl sites for hydroxylation is 1. The van der Waals surface area contributed by atoms with Crippen LogP contribution in [0.4, 0.5) is 0 Å². The molecule has 0 saturated heterocycles. The fourth-order valence-electron chi connectivity index (χ4n) is 3.53. The van der Waals surface area contributed by atoms with E-state index in [0.29, 0.717) is 5.92 Å². The van der Waals surface area contributed by atoms with Gasteiger partial charge in [0.1, 0.15) is 0 Å². The Balaban J connectivity index is 1.73. The summed E-state index contributed by atoms with van der Waals surface area (Å²) in [4.78, 5) is 0.782. The molecule has 2 aliphatic rings. The Bertz CT molecular complexity index is 468. The van der Waals surface area contributed by atoms with Crippen LogP contribution in [0.15, 0.2) is 29.2 Å². The van der Waals surface area contributed by atoms with Gasteiger partial charge in [0.25, 0.3) is 0 Å². The number of hydrogen-bond acceptors (Lipinski definition) is 2. The van der Waals surface area contributed by atoms with Crippen molar-refractivity contribution in [2.45, 2.75) is 50.0 Å². The highest BCUT2D eigenvalue weighted by molar-refractivity contribution is 7.80. The molecule has 3 heteroatoms. The highest BCUT2D eigenvalue weighted by Gasteiger charge is 2.50. The zero-order valence-corrected chi connectivity index (χ0v) is 11.8. The quantitative estimate of drug-likeness (QED) is 0.833. The number of rotatable bonds is 3. The molecule has 3 rings (SSSR count). The van der Waals surface area contributed by atoms with Gasteiger partial charge in [-0.3, -0.25) is 4.18 Å². The van der Waals surface area contributed by atoms with E-state index < -0.39 is 11.1 Å². The van der Waals surface area contributed by atoms with Crippen molar-refractivity contribution in [3.63, 3.8) is 0 Å². The van der Waals surface area contributed by atoms with Crippen molar-refractivity contribution < 1.29 is 8.39 Å². The van der Waals surface area contributed by atoms with Crippen LogP contribution in [-0.2, 0) is 15.3 Å². The second-order valence-electron chi connectivity index (χ2n) is 6.02. The molecule has 18 heavy (non-hydrogen) atoms. The molecule has 0 heterocycles. The van der Waals surface area contributed by atoms with Gasteiger partial charge in [-0.2, -0.15) is 0 Å². The van der Waals surface area contributed by atoms with E-state index in [4.69, 9.17) is 4.18 Å². The average Bonchev–Trinajstić information content (AvgIpc) is 2.89. The van der Waals surface area contributed by atoms with Crippen LogP contribution in [0, 0.1) is 18.8 Å². The molecule has 0 N–H and O–H groups in total. The van der Waals surface area contributed by atoms with Gasteiger partial charge in [0.2, 0.25) is 0 Å². The SMILES string of the molecule is Cc1ccc(S(=O)O[C@]2(C)C[C@H]3CC[C@@H]2C3)cc1. The smallest absolute Gasteiger partial charge is 0.189 e. The largest absolute Gasteiger partial charge is 0.280 e. The van der Waals surface area contributed by atoms with Crippen LogP contribution in [0.3, 0.4) is 0 Å². The first-order chi connectivity index (χ1) is 8.57. The number of fused-ring (bicyclic) bond motifs is 2. The molecule has 2 fully saturated rings. The summed E-state index contributed by atoms with van der Waals surface area (Å²) in [6, 6.07) is 7.78. The normalized spacial score (nSPS) is 35.9. The molecular formula is C15H20O2S. The predicted molar refractivity (Wildman–Crippen MR) is 72.5 cm³/mol. The molecule has 1 aromatic carbocycles. The van der Waals surface area contributed by atoms with Gasteiger partial charge in [-0.05, 0) is 63.5 Å². The molecule has 2 saturated carbocycles. The van der Waals surface area contributed by atoms with E-state index in [-0.39, 0.29) is 5.60 Å². The molecule has 0 radical (unpaired) electrons. The van der Waals surface area contributed by atoms with Crippen molar-refractivity contribution in [1.29, 1.82) is 0 Å². The van der Waals surface area contributed by atoms with E-state index in [1.165, 1.54) is 24.8 Å². The fourth-order valence-corrected chi connectivity index (χ4v) is 4.53. The summed E-state index contributed by atoms with van der Waals surface area (Å²) in [5, 5.41) is 0. The zero-order valence-electron chi connectivity index (χ0n) is 11.0. The highest BCUT2D eigenvalue weighted by atomic mass is 32.2. The molecule has 1 unspecified atom stereocenters. The monoisotopic (exact) mass is 264 g/mol. The molecule has 98 valence electrons. The van der Waals surface area contributed by atoms with Crippen molar-refractivity contribution >= 4 is 11.1 Å². The van der Waals surface area contributed by atoms with Gasteiger partial charge in [0, 0.05) is 0 Å². The Morgan fingerprint density at radius 2 is 2.00 bits per heavy atom. The van der Waals surface area contributed by atoms with Crippen molar-refractivity contribution in [2.24, 2.45) is 11.8 Å². The summed E-state index contributed by atoms with van der Waals surface area (Å²) in [5.41, 5.74) is 1.01. The van der Waals surface area contributed by atoms with Gasteiger partial charge in [0.15, 0.2) is 11.1 Å². The molecule has 0 spiro atoms. The Kier molecular flexibility index (Phi) is 3.07. The molecule has 2 bridgehead atoms. The van der Waals surface area contributed by atoms with E-state index >= 15 is 0 Å². The zero-order chi connectivity index (χ0) is 12.8. The minimum atomic E-state index is -1.32. The molecule has 2 nitrogen and oxygen atoms in total. The lowest BCUT2D eigenvalue weighted by Gasteiger charge is -2.32. The minimum Gasteiger partial charge on any atom is -0.280 e. The summed E-state index contributed by atoms with van der Waals surface area (Å²) in [7, 11) is 0. The van der Waals surface area contributed by atoms with Gasteiger partial charge >= 0.3 is 0 Å². The van der Waals surface area contributed by atoms with Crippen LogP contribution in [0.1, 0.15) is 38.2 Å². The number of hydrogen-bond donors (Lipinski definition) is 0. The second-order valence-corrected chi connectivity index (χ2v) is 7.13. The van der Waals surface area contributed by atoms with E-state index in [1.807, 2.05) is 31.2 Å². The summed E-state index contributed by atoms with van der Waals surface area (Å²) >= 11 is -1.32. The molecule has 2 aliphatic carbocycles. The van der Waals surface area contributed by atoms with Crippen LogP contribution in [-0.4, -0.2) is 9.81 Å². The molecule has 0 aromatic heterocycles. The summed E-state index contributed by atoms with van der Waals surface area (Å²) in [6.45, 7) is 4.17. The van der Waals surface area contributed by atoms with Gasteiger partial charge in [-0.25, -0.2) is 4.21 Å². The average molecular weight is 264 g/mol. The summed E-state index contributed by atoms with van der Waals surface area (Å²) in [6.07, 6.45) is 4.92. The van der Waals surface area contributed by atoms with Crippen LogP contribution in [0.2, 0.25) is 0 Å². The van der Waals surface area contributed by atoms with Gasteiger partial charge in [0.05, 0.1) is 10.5 Å². The van der Waals surface area contributed by atoms with Crippen LogP contribution >= 0.6 is 0 Å². The maximum atomic E-state index is 12.3. The molecule has 0 aliphatic heterocycles. The molecular weight excluding hydrogens is 244 g/mol. The van der Waals surface area contributed by atoms with Crippen LogP contribution in [0.5, 0.6) is 0 Å². The Morgan fingerprint density at radius 3 is 2.56 bits per heavy atom. The van der Waals surface area contributed by atoms with Crippen molar-refractivity contribution in [3.05, 3.63) is 29.8 Å². The maximum absolute atomic E-state index is 12.3. The summed E-state index contributed by atoms with van der Waals surface area (Å²) in [5.74, 6) is 1.41. The first-order valence-corrected chi connectivity index (χ1v) is 7.82. The van der Waals surface area contributed by atoms with Crippen molar-refractivity contribution in [3.8, 4) is 0 Å². The third kappa shape index (κ3) is 2.14. The lowest BCUT2D eigenvalue weighted by molar-refractivity contribution is 0.0455. The van der Waals surface area contributed by atoms with Crippen LogP contribution < -0.4 is 0 Å². The first-order valence-electron chi connectivity index (χ1n) is 6.75. The van der Waals surface area contributed by atoms with E-state index in [2.05, 4.69) is 6.92 Å².